The van der Waals surface area contributed by atoms with Gasteiger partial charge in [0.05, 0.1) is 19.5 Å². The molecule has 1 unspecified atom stereocenters. The summed E-state index contributed by atoms with van der Waals surface area (Å²) in [5.41, 5.74) is 11.9. The molecule has 2 atom stereocenters. The number of nitrogens with two attached hydrogens (primary N) is 2. The van der Waals surface area contributed by atoms with Crippen molar-refractivity contribution < 1.29 is 14.3 Å². The molecule has 2 heterocycles. The second kappa shape index (κ2) is 19.6. The number of ether oxygens (including phenoxy) is 2. The number of unbranched alkanes of at least 4 members (excludes halogenated alkanes) is 13. The normalized spacial score (nSPS) is 13.2. The summed E-state index contributed by atoms with van der Waals surface area (Å²) < 4.78 is 13.3. The van der Waals surface area contributed by atoms with Crippen LogP contribution in [-0.2, 0) is 20.8 Å². The molecule has 0 radical (unpaired) electrons. The first-order chi connectivity index (χ1) is 19.3. The number of rotatable bonds is 23. The van der Waals surface area contributed by atoms with E-state index in [1.165, 1.54) is 77.0 Å². The van der Waals surface area contributed by atoms with Crippen molar-refractivity contribution in [3.63, 3.8) is 0 Å². The number of carbonyl (C=O) groups excluding carboxylic acids is 1. The topological polar surface area (TPSA) is 151 Å². The van der Waals surface area contributed by atoms with Gasteiger partial charge in [-0.3, -0.25) is 14.6 Å². The molecular weight excluding hydrogens is 508 g/mol. The van der Waals surface area contributed by atoms with Crippen molar-refractivity contribution in [3.05, 3.63) is 16.7 Å². The molecule has 0 aliphatic carbocycles. The fraction of sp³-hybridized carbons (Fsp3) is 0.800. The van der Waals surface area contributed by atoms with Gasteiger partial charge in [-0.1, -0.05) is 104 Å². The number of imidazole rings is 1. The third kappa shape index (κ3) is 12.8. The summed E-state index contributed by atoms with van der Waals surface area (Å²) in [5, 5.41) is 0. The van der Waals surface area contributed by atoms with Crippen LogP contribution in [0.3, 0.4) is 0 Å². The van der Waals surface area contributed by atoms with Crippen LogP contribution in [0.4, 0.5) is 5.95 Å². The number of aromatic nitrogens is 4. The van der Waals surface area contributed by atoms with E-state index in [-0.39, 0.29) is 35.5 Å². The summed E-state index contributed by atoms with van der Waals surface area (Å²) in [5.74, 6) is -0.575. The fourth-order valence-electron chi connectivity index (χ4n) is 4.75. The largest absolute Gasteiger partial charge is 0.464 e. The lowest BCUT2D eigenvalue weighted by Crippen LogP contribution is -2.38. The first-order valence-electron chi connectivity index (χ1n) is 15.5. The molecule has 10 heteroatoms. The zero-order valence-electron chi connectivity index (χ0n) is 25.2. The summed E-state index contributed by atoms with van der Waals surface area (Å²) in [7, 11) is 0. The zero-order valence-corrected chi connectivity index (χ0v) is 25.2. The van der Waals surface area contributed by atoms with Crippen LogP contribution in [0.1, 0.15) is 111 Å². The van der Waals surface area contributed by atoms with Gasteiger partial charge in [0.2, 0.25) is 5.95 Å². The van der Waals surface area contributed by atoms with E-state index in [0.717, 1.165) is 12.8 Å². The summed E-state index contributed by atoms with van der Waals surface area (Å²) in [6, 6.07) is -0.675. The van der Waals surface area contributed by atoms with Crippen LogP contribution >= 0.6 is 0 Å². The molecule has 2 aromatic rings. The van der Waals surface area contributed by atoms with Gasteiger partial charge in [-0.2, -0.15) is 4.98 Å². The first kappa shape index (κ1) is 33.7. The van der Waals surface area contributed by atoms with Gasteiger partial charge in [-0.05, 0) is 12.3 Å². The van der Waals surface area contributed by atoms with Crippen molar-refractivity contribution in [2.45, 2.75) is 123 Å². The lowest BCUT2D eigenvalue weighted by atomic mass is 10.0. The Morgan fingerprint density at radius 3 is 2.10 bits per heavy atom. The third-order valence-electron chi connectivity index (χ3n) is 7.40. The van der Waals surface area contributed by atoms with Crippen LogP contribution in [0.2, 0.25) is 0 Å². The van der Waals surface area contributed by atoms with Gasteiger partial charge in [0.25, 0.3) is 5.56 Å². The van der Waals surface area contributed by atoms with Gasteiger partial charge in [-0.15, -0.1) is 0 Å². The molecule has 5 N–H and O–H groups in total. The van der Waals surface area contributed by atoms with Gasteiger partial charge in [0.1, 0.15) is 6.04 Å². The fourth-order valence-corrected chi connectivity index (χ4v) is 4.75. The van der Waals surface area contributed by atoms with Crippen LogP contribution in [0.15, 0.2) is 11.1 Å². The monoisotopic (exact) mass is 562 g/mol. The average molecular weight is 563 g/mol. The standard InChI is InChI=1S/C30H54N6O4/c1-4-5-6-7-8-9-10-11-12-13-14-15-16-17-18-39-20-24(21-40-29(38)25(31)23(2)3)19-36-22-33-26-27(36)34-30(32)35-28(26)37/h22-25H,4-21,31H2,1-3H3,(H3,32,34,35,37)/t24?,25-/m0/s1. The minimum atomic E-state index is -0.675. The summed E-state index contributed by atoms with van der Waals surface area (Å²) in [6.45, 7) is 7.65. The van der Waals surface area contributed by atoms with Crippen molar-refractivity contribution in [2.24, 2.45) is 17.6 Å². The molecular formula is C30H54N6O4. The highest BCUT2D eigenvalue weighted by Gasteiger charge is 2.22. The molecule has 0 saturated heterocycles. The molecule has 2 aromatic heterocycles. The Labute approximate surface area is 240 Å². The number of nitrogen functional groups attached to an aromatic ring is 1. The highest BCUT2D eigenvalue weighted by molar-refractivity contribution is 5.75. The predicted octanol–water partition coefficient (Wildman–Crippen LogP) is 5.34. The lowest BCUT2D eigenvalue weighted by molar-refractivity contribution is -0.148. The smallest absolute Gasteiger partial charge is 0.323 e. The predicted molar refractivity (Wildman–Crippen MR) is 161 cm³/mol. The first-order valence-corrected chi connectivity index (χ1v) is 15.5. The number of carbonyl (C=O) groups is 1. The van der Waals surface area contributed by atoms with Crippen LogP contribution in [0.25, 0.3) is 11.2 Å². The second-order valence-electron chi connectivity index (χ2n) is 11.5. The molecule has 0 aliphatic heterocycles. The van der Waals surface area contributed by atoms with Gasteiger partial charge in [0, 0.05) is 19.1 Å². The molecule has 0 aliphatic rings. The Kier molecular flexibility index (Phi) is 16.5. The number of esters is 1. The van der Waals surface area contributed by atoms with Gasteiger partial charge < -0.3 is 25.5 Å². The quantitative estimate of drug-likeness (QED) is 0.121. The maximum Gasteiger partial charge on any atom is 0.323 e. The van der Waals surface area contributed by atoms with E-state index in [1.807, 2.05) is 13.8 Å². The molecule has 40 heavy (non-hydrogen) atoms. The number of hydrogen-bond donors (Lipinski definition) is 3. The molecule has 10 nitrogen and oxygen atoms in total. The molecule has 0 bridgehead atoms. The van der Waals surface area contributed by atoms with E-state index >= 15 is 0 Å². The Balaban J connectivity index is 1.68. The molecule has 0 amide bonds. The molecule has 0 fully saturated rings. The van der Waals surface area contributed by atoms with E-state index in [1.54, 1.807) is 10.9 Å². The van der Waals surface area contributed by atoms with Crippen LogP contribution in [0, 0.1) is 11.8 Å². The highest BCUT2D eigenvalue weighted by atomic mass is 16.5. The summed E-state index contributed by atoms with van der Waals surface area (Å²) in [6.07, 6.45) is 20.0. The van der Waals surface area contributed by atoms with E-state index in [9.17, 15) is 9.59 Å². The van der Waals surface area contributed by atoms with Gasteiger partial charge in [-0.25, -0.2) is 4.98 Å². The zero-order chi connectivity index (χ0) is 29.2. The van der Waals surface area contributed by atoms with Crippen molar-refractivity contribution in [3.8, 4) is 0 Å². The number of nitrogens with one attached hydrogen (secondary N) is 1. The van der Waals surface area contributed by atoms with Crippen molar-refractivity contribution in [1.82, 2.24) is 19.5 Å². The van der Waals surface area contributed by atoms with Crippen LogP contribution in [0.5, 0.6) is 0 Å². The average Bonchev–Trinajstić information content (AvgIpc) is 3.33. The van der Waals surface area contributed by atoms with Gasteiger partial charge >= 0.3 is 5.97 Å². The lowest BCUT2D eigenvalue weighted by Gasteiger charge is -2.20. The number of nitrogens with zero attached hydrogens (tertiary/aromatic N) is 3. The van der Waals surface area contributed by atoms with E-state index in [4.69, 9.17) is 20.9 Å². The molecule has 228 valence electrons. The number of anilines is 1. The van der Waals surface area contributed by atoms with E-state index in [2.05, 4.69) is 21.9 Å². The summed E-state index contributed by atoms with van der Waals surface area (Å²) >= 11 is 0. The minimum Gasteiger partial charge on any atom is -0.464 e. The number of aromatic amines is 1. The molecule has 2 rings (SSSR count). The van der Waals surface area contributed by atoms with Crippen LogP contribution < -0.4 is 17.0 Å². The maximum absolute atomic E-state index is 12.3. The van der Waals surface area contributed by atoms with Crippen molar-refractivity contribution in [1.29, 1.82) is 0 Å². The van der Waals surface area contributed by atoms with Crippen LogP contribution in [-0.4, -0.2) is 51.4 Å². The van der Waals surface area contributed by atoms with Crippen molar-refractivity contribution in [2.75, 3.05) is 25.6 Å². The Morgan fingerprint density at radius 2 is 1.52 bits per heavy atom. The molecule has 0 spiro atoms. The number of hydrogen-bond acceptors (Lipinski definition) is 8. The van der Waals surface area contributed by atoms with Gasteiger partial charge in [0.15, 0.2) is 11.2 Å². The number of H-pyrrole nitrogens is 1. The van der Waals surface area contributed by atoms with E-state index < -0.39 is 12.0 Å². The SMILES string of the molecule is CCCCCCCCCCCCCCCCOCC(COC(=O)[C@@H](N)C(C)C)Cn1cnc2c(=O)[nH]c(N)nc21. The highest BCUT2D eigenvalue weighted by Crippen LogP contribution is 2.14. The molecule has 0 aromatic carbocycles. The van der Waals surface area contributed by atoms with E-state index in [0.29, 0.717) is 25.4 Å². The maximum atomic E-state index is 12.3. The third-order valence-corrected chi connectivity index (χ3v) is 7.40. The second-order valence-corrected chi connectivity index (χ2v) is 11.5. The Hall–Kier alpha value is -2.46. The minimum absolute atomic E-state index is 0.0148. The molecule has 0 saturated carbocycles. The number of fused-ring (bicyclic) bond motifs is 1. The van der Waals surface area contributed by atoms with Crippen molar-refractivity contribution >= 4 is 23.1 Å². The Bertz CT molecular complexity index is 1020. The Morgan fingerprint density at radius 1 is 0.950 bits per heavy atom. The summed E-state index contributed by atoms with van der Waals surface area (Å²) in [4.78, 5) is 35.3.